The number of benzene rings is 1. The molecule has 0 amide bonds. The molecule has 0 aliphatic rings. The second-order valence-corrected chi connectivity index (χ2v) is 3.94. The molecular weight excluding hydrogens is 267 g/mol. The van der Waals surface area contributed by atoms with E-state index >= 15 is 0 Å². The van der Waals surface area contributed by atoms with Gasteiger partial charge in [0.05, 0.1) is 11.6 Å². The van der Waals surface area contributed by atoms with Crippen molar-refractivity contribution in [1.82, 2.24) is 0 Å². The van der Waals surface area contributed by atoms with Crippen molar-refractivity contribution in [3.8, 4) is 5.75 Å². The van der Waals surface area contributed by atoms with Crippen LogP contribution in [0.25, 0.3) is 0 Å². The van der Waals surface area contributed by atoms with Crippen LogP contribution < -0.4 is 4.74 Å². The van der Waals surface area contributed by atoms with Gasteiger partial charge in [0.15, 0.2) is 5.78 Å². The molecule has 0 bridgehead atoms. The first-order valence-electron chi connectivity index (χ1n) is 4.14. The van der Waals surface area contributed by atoms with Crippen molar-refractivity contribution in [2.24, 2.45) is 0 Å². The van der Waals surface area contributed by atoms with Gasteiger partial charge in [-0.2, -0.15) is 0 Å². The van der Waals surface area contributed by atoms with Gasteiger partial charge in [0.2, 0.25) is 0 Å². The quantitative estimate of drug-likeness (QED) is 0.623. The van der Waals surface area contributed by atoms with E-state index in [1.54, 1.807) is 18.2 Å². The molecule has 1 rings (SSSR count). The van der Waals surface area contributed by atoms with Crippen molar-refractivity contribution in [2.75, 3.05) is 11.9 Å². The highest BCUT2D eigenvalue weighted by Crippen LogP contribution is 2.25. The maximum atomic E-state index is 11.0. The van der Waals surface area contributed by atoms with Gasteiger partial charge in [-0.3, -0.25) is 4.79 Å². The monoisotopic (exact) mass is 276 g/mol. The molecule has 1 aromatic rings. The van der Waals surface area contributed by atoms with E-state index in [4.69, 9.17) is 16.3 Å². The molecule has 76 valence electrons. The Labute approximate surface area is 96.3 Å². The van der Waals surface area contributed by atoms with E-state index in [0.717, 1.165) is 5.33 Å². The van der Waals surface area contributed by atoms with Crippen LogP contribution in [0.15, 0.2) is 18.2 Å². The Hall–Kier alpha value is -0.540. The number of ether oxygens (including phenoxy) is 1. The Morgan fingerprint density at radius 2 is 2.29 bits per heavy atom. The average molecular weight is 278 g/mol. The Balaban J connectivity index is 2.84. The fraction of sp³-hybridized carbons (Fsp3) is 0.300. The molecule has 0 N–H and O–H groups in total. The topological polar surface area (TPSA) is 26.3 Å². The van der Waals surface area contributed by atoms with Crippen LogP contribution in [0.5, 0.6) is 5.75 Å². The molecule has 0 heterocycles. The van der Waals surface area contributed by atoms with Gasteiger partial charge in [-0.05, 0) is 25.1 Å². The number of ketones is 1. The second kappa shape index (κ2) is 5.37. The van der Waals surface area contributed by atoms with Gasteiger partial charge in [0.25, 0.3) is 0 Å². The third-order valence-electron chi connectivity index (χ3n) is 1.67. The van der Waals surface area contributed by atoms with E-state index in [2.05, 4.69) is 15.9 Å². The van der Waals surface area contributed by atoms with Crippen LogP contribution in [-0.4, -0.2) is 17.7 Å². The summed E-state index contributed by atoms with van der Waals surface area (Å²) in [5.74, 6) is 0.607. The maximum absolute atomic E-state index is 11.0. The number of rotatable bonds is 4. The van der Waals surface area contributed by atoms with Gasteiger partial charge in [0.1, 0.15) is 5.75 Å². The highest BCUT2D eigenvalue weighted by atomic mass is 79.9. The minimum Gasteiger partial charge on any atom is -0.491 e. The fourth-order valence-corrected chi connectivity index (χ4v) is 1.38. The summed E-state index contributed by atoms with van der Waals surface area (Å²) in [7, 11) is 0. The zero-order valence-electron chi connectivity index (χ0n) is 7.72. The summed E-state index contributed by atoms with van der Waals surface area (Å²) in [5, 5.41) is 1.22. The molecule has 0 saturated carbocycles. The molecule has 1 aromatic carbocycles. The van der Waals surface area contributed by atoms with Gasteiger partial charge < -0.3 is 4.74 Å². The first kappa shape index (κ1) is 11.5. The van der Waals surface area contributed by atoms with E-state index in [-0.39, 0.29) is 5.78 Å². The summed E-state index contributed by atoms with van der Waals surface area (Å²) < 4.78 is 5.33. The summed E-state index contributed by atoms with van der Waals surface area (Å²) in [6.07, 6.45) is 0. The van der Waals surface area contributed by atoms with E-state index in [1.807, 2.05) is 0 Å². The standard InChI is InChI=1S/C10H10BrClO2/c1-7(13)8-2-3-10(9(12)6-8)14-5-4-11/h2-3,6H,4-5H2,1H3. The number of hydrogen-bond donors (Lipinski definition) is 0. The first-order chi connectivity index (χ1) is 6.65. The van der Waals surface area contributed by atoms with Crippen LogP contribution in [0.2, 0.25) is 5.02 Å². The Morgan fingerprint density at radius 3 is 2.79 bits per heavy atom. The molecule has 14 heavy (non-hydrogen) atoms. The van der Waals surface area contributed by atoms with E-state index in [0.29, 0.717) is 22.9 Å². The van der Waals surface area contributed by atoms with Crippen LogP contribution >= 0.6 is 27.5 Å². The second-order valence-electron chi connectivity index (χ2n) is 2.74. The number of halogens is 2. The molecule has 0 aromatic heterocycles. The zero-order valence-corrected chi connectivity index (χ0v) is 10.1. The summed E-state index contributed by atoms with van der Waals surface area (Å²) in [4.78, 5) is 11.0. The predicted octanol–water partition coefficient (Wildman–Crippen LogP) is 3.32. The lowest BCUT2D eigenvalue weighted by Gasteiger charge is -2.06. The van der Waals surface area contributed by atoms with Crippen molar-refractivity contribution in [3.63, 3.8) is 0 Å². The van der Waals surface area contributed by atoms with Crippen LogP contribution in [-0.2, 0) is 0 Å². The maximum Gasteiger partial charge on any atom is 0.159 e. The lowest BCUT2D eigenvalue weighted by atomic mass is 10.1. The number of carbonyl (C=O) groups is 1. The minimum absolute atomic E-state index is 0.000980. The van der Waals surface area contributed by atoms with E-state index in [1.165, 1.54) is 6.92 Å². The molecule has 0 aliphatic heterocycles. The Morgan fingerprint density at radius 1 is 1.57 bits per heavy atom. The number of Topliss-reactive ketones (excluding diaryl/α,β-unsaturated/α-hetero) is 1. The normalized spacial score (nSPS) is 9.93. The third-order valence-corrected chi connectivity index (χ3v) is 2.29. The number of hydrogen-bond acceptors (Lipinski definition) is 2. The molecule has 0 unspecified atom stereocenters. The highest BCUT2D eigenvalue weighted by molar-refractivity contribution is 9.09. The van der Waals surface area contributed by atoms with Crippen molar-refractivity contribution in [2.45, 2.75) is 6.92 Å². The van der Waals surface area contributed by atoms with Crippen molar-refractivity contribution < 1.29 is 9.53 Å². The summed E-state index contributed by atoms with van der Waals surface area (Å²) in [6, 6.07) is 5.03. The summed E-state index contributed by atoms with van der Waals surface area (Å²) >= 11 is 9.16. The van der Waals surface area contributed by atoms with Gasteiger partial charge in [-0.1, -0.05) is 27.5 Å². The van der Waals surface area contributed by atoms with Crippen molar-refractivity contribution >= 4 is 33.3 Å². The lowest BCUT2D eigenvalue weighted by molar-refractivity contribution is 0.101. The van der Waals surface area contributed by atoms with Crippen LogP contribution in [0.4, 0.5) is 0 Å². The zero-order chi connectivity index (χ0) is 10.6. The summed E-state index contributed by atoms with van der Waals surface area (Å²) in [6.45, 7) is 2.06. The molecule has 0 radical (unpaired) electrons. The fourth-order valence-electron chi connectivity index (χ4n) is 0.985. The van der Waals surface area contributed by atoms with Gasteiger partial charge in [-0.15, -0.1) is 0 Å². The summed E-state index contributed by atoms with van der Waals surface area (Å²) in [5.41, 5.74) is 0.598. The lowest BCUT2D eigenvalue weighted by Crippen LogP contribution is -1.99. The molecule has 0 spiro atoms. The van der Waals surface area contributed by atoms with Gasteiger partial charge in [-0.25, -0.2) is 0 Å². The number of alkyl halides is 1. The largest absolute Gasteiger partial charge is 0.491 e. The minimum atomic E-state index is -0.000980. The SMILES string of the molecule is CC(=O)c1ccc(OCCBr)c(Cl)c1. The molecule has 4 heteroatoms. The Bertz CT molecular complexity index is 339. The predicted molar refractivity (Wildman–Crippen MR) is 60.7 cm³/mol. The molecule has 0 aliphatic carbocycles. The molecule has 0 atom stereocenters. The van der Waals surface area contributed by atoms with Crippen LogP contribution in [0, 0.1) is 0 Å². The van der Waals surface area contributed by atoms with Gasteiger partial charge in [0, 0.05) is 10.9 Å². The smallest absolute Gasteiger partial charge is 0.159 e. The van der Waals surface area contributed by atoms with Gasteiger partial charge >= 0.3 is 0 Å². The van der Waals surface area contributed by atoms with E-state index in [9.17, 15) is 4.79 Å². The average Bonchev–Trinajstić information content (AvgIpc) is 2.15. The molecular formula is C10H10BrClO2. The molecule has 2 nitrogen and oxygen atoms in total. The third kappa shape index (κ3) is 3.00. The highest BCUT2D eigenvalue weighted by Gasteiger charge is 2.05. The van der Waals surface area contributed by atoms with Crippen LogP contribution in [0.3, 0.4) is 0 Å². The van der Waals surface area contributed by atoms with E-state index < -0.39 is 0 Å². The Kier molecular flexibility index (Phi) is 4.42. The first-order valence-corrected chi connectivity index (χ1v) is 5.64. The van der Waals surface area contributed by atoms with Crippen LogP contribution in [0.1, 0.15) is 17.3 Å². The van der Waals surface area contributed by atoms with Crippen molar-refractivity contribution in [3.05, 3.63) is 28.8 Å². The number of carbonyl (C=O) groups excluding carboxylic acids is 1. The van der Waals surface area contributed by atoms with Crippen molar-refractivity contribution in [1.29, 1.82) is 0 Å². The molecule has 0 saturated heterocycles. The molecule has 0 fully saturated rings.